The third-order valence-corrected chi connectivity index (χ3v) is 2.06. The van der Waals surface area contributed by atoms with Gasteiger partial charge in [-0.3, -0.25) is 0 Å². The van der Waals surface area contributed by atoms with Gasteiger partial charge in [-0.25, -0.2) is 0 Å². The predicted octanol–water partition coefficient (Wildman–Crippen LogP) is 3.31. The third-order valence-electron chi connectivity index (χ3n) is 1.86. The highest BCUT2D eigenvalue weighted by Crippen LogP contribution is 2.18. The van der Waals surface area contributed by atoms with Crippen LogP contribution in [0.25, 0.3) is 11.3 Å². The maximum absolute atomic E-state index is 5.27. The molecule has 13 heavy (non-hydrogen) atoms. The normalized spacial score (nSPS) is 10.2. The van der Waals surface area contributed by atoms with Gasteiger partial charge < -0.3 is 9.40 Å². The highest BCUT2D eigenvalue weighted by Gasteiger charge is 1.99. The van der Waals surface area contributed by atoms with E-state index in [-0.39, 0.29) is 0 Å². The topological polar surface area (TPSA) is 28.9 Å². The van der Waals surface area contributed by atoms with Gasteiger partial charge in [-0.1, -0.05) is 29.8 Å². The van der Waals surface area contributed by atoms with E-state index in [4.69, 9.17) is 16.6 Å². The minimum absolute atomic E-state index is 0.413. The van der Waals surface area contributed by atoms with Gasteiger partial charge in [0.25, 0.3) is 4.84 Å². The Morgan fingerprint density at radius 3 is 2.46 bits per heavy atom. The van der Waals surface area contributed by atoms with Crippen molar-refractivity contribution in [3.05, 3.63) is 40.9 Å². The lowest BCUT2D eigenvalue weighted by Crippen LogP contribution is -1.74. The Morgan fingerprint density at radius 1 is 1.23 bits per heavy atom. The highest BCUT2D eigenvalue weighted by molar-refractivity contribution is 7.71. The molecule has 2 aromatic rings. The first kappa shape index (κ1) is 8.26. The van der Waals surface area contributed by atoms with E-state index in [0.717, 1.165) is 11.3 Å². The average Bonchev–Trinajstić information content (AvgIpc) is 2.53. The quantitative estimate of drug-likeness (QED) is 0.700. The standard InChI is InChI=1S/C10H9NOS/c1-7-2-4-8(5-3-7)9-6-11-10(13)12-9/h2-6H,1H3,(H,11,13). The van der Waals surface area contributed by atoms with Crippen LogP contribution in [0, 0.1) is 11.8 Å². The summed E-state index contributed by atoms with van der Waals surface area (Å²) in [7, 11) is 0. The van der Waals surface area contributed by atoms with Gasteiger partial charge in [-0.05, 0) is 19.1 Å². The van der Waals surface area contributed by atoms with Crippen LogP contribution >= 0.6 is 12.2 Å². The van der Waals surface area contributed by atoms with E-state index < -0.39 is 0 Å². The molecular formula is C10H9NOS. The van der Waals surface area contributed by atoms with Crippen molar-refractivity contribution in [2.24, 2.45) is 0 Å². The number of hydrogen-bond acceptors (Lipinski definition) is 2. The van der Waals surface area contributed by atoms with E-state index in [9.17, 15) is 0 Å². The number of aromatic nitrogens is 1. The van der Waals surface area contributed by atoms with Gasteiger partial charge in [0.1, 0.15) is 0 Å². The summed E-state index contributed by atoms with van der Waals surface area (Å²) in [6, 6.07) is 8.11. The van der Waals surface area contributed by atoms with Crippen LogP contribution in [0.2, 0.25) is 0 Å². The van der Waals surface area contributed by atoms with Crippen LogP contribution in [0.5, 0.6) is 0 Å². The second kappa shape index (κ2) is 3.18. The summed E-state index contributed by atoms with van der Waals surface area (Å²) < 4.78 is 5.27. The molecule has 0 bridgehead atoms. The van der Waals surface area contributed by atoms with Crippen LogP contribution in [-0.2, 0) is 0 Å². The molecule has 1 N–H and O–H groups in total. The first-order valence-corrected chi connectivity index (χ1v) is 4.42. The van der Waals surface area contributed by atoms with Crippen LogP contribution in [0.1, 0.15) is 5.56 Å². The molecule has 0 aliphatic rings. The summed E-state index contributed by atoms with van der Waals surface area (Å²) in [6.45, 7) is 2.05. The minimum Gasteiger partial charge on any atom is -0.429 e. The summed E-state index contributed by atoms with van der Waals surface area (Å²) in [5.41, 5.74) is 2.27. The SMILES string of the molecule is Cc1ccc(-c2c[nH]c(=S)o2)cc1. The van der Waals surface area contributed by atoms with Crippen molar-refractivity contribution in [2.45, 2.75) is 6.92 Å². The smallest absolute Gasteiger partial charge is 0.266 e. The number of oxazole rings is 1. The van der Waals surface area contributed by atoms with Gasteiger partial charge in [0.15, 0.2) is 5.76 Å². The number of nitrogens with one attached hydrogen (secondary N) is 1. The zero-order valence-corrected chi connectivity index (χ0v) is 8.02. The zero-order valence-electron chi connectivity index (χ0n) is 7.20. The molecule has 0 spiro atoms. The molecule has 3 heteroatoms. The average molecular weight is 191 g/mol. The minimum atomic E-state index is 0.413. The summed E-state index contributed by atoms with van der Waals surface area (Å²) >= 11 is 4.84. The Morgan fingerprint density at radius 2 is 1.92 bits per heavy atom. The van der Waals surface area contributed by atoms with E-state index in [2.05, 4.69) is 11.9 Å². The second-order valence-corrected chi connectivity index (χ2v) is 3.28. The lowest BCUT2D eigenvalue weighted by Gasteiger charge is -1.95. The van der Waals surface area contributed by atoms with Crippen LogP contribution < -0.4 is 0 Å². The molecule has 0 saturated heterocycles. The number of aromatic amines is 1. The maximum Gasteiger partial charge on any atom is 0.266 e. The summed E-state index contributed by atoms with van der Waals surface area (Å²) in [5.74, 6) is 0.782. The van der Waals surface area contributed by atoms with Gasteiger partial charge in [0.2, 0.25) is 0 Å². The largest absolute Gasteiger partial charge is 0.429 e. The number of rotatable bonds is 1. The van der Waals surface area contributed by atoms with Gasteiger partial charge in [-0.2, -0.15) is 0 Å². The van der Waals surface area contributed by atoms with E-state index in [1.807, 2.05) is 24.3 Å². The molecule has 0 radical (unpaired) electrons. The fourth-order valence-electron chi connectivity index (χ4n) is 1.14. The van der Waals surface area contributed by atoms with Gasteiger partial charge in [-0.15, -0.1) is 0 Å². The molecule has 0 saturated carbocycles. The van der Waals surface area contributed by atoms with E-state index in [0.29, 0.717) is 4.84 Å². The number of hydrogen-bond donors (Lipinski definition) is 1. The lowest BCUT2D eigenvalue weighted by atomic mass is 10.1. The molecule has 0 fully saturated rings. The predicted molar refractivity (Wildman–Crippen MR) is 54.1 cm³/mol. The molecule has 2 rings (SSSR count). The van der Waals surface area contributed by atoms with E-state index in [1.165, 1.54) is 5.56 Å². The van der Waals surface area contributed by atoms with Crippen molar-refractivity contribution in [1.29, 1.82) is 0 Å². The summed E-state index contributed by atoms with van der Waals surface area (Å²) in [4.78, 5) is 3.24. The van der Waals surface area contributed by atoms with Crippen molar-refractivity contribution in [3.8, 4) is 11.3 Å². The summed E-state index contributed by atoms with van der Waals surface area (Å²) in [5, 5.41) is 0. The molecule has 2 nitrogen and oxygen atoms in total. The monoisotopic (exact) mass is 191 g/mol. The summed E-state index contributed by atoms with van der Waals surface area (Å²) in [6.07, 6.45) is 1.77. The number of H-pyrrole nitrogens is 1. The van der Waals surface area contributed by atoms with Crippen molar-refractivity contribution in [2.75, 3.05) is 0 Å². The zero-order chi connectivity index (χ0) is 9.26. The molecular weight excluding hydrogens is 182 g/mol. The Bertz CT molecular complexity index is 452. The maximum atomic E-state index is 5.27. The van der Waals surface area contributed by atoms with Crippen LogP contribution in [0.15, 0.2) is 34.9 Å². The molecule has 0 amide bonds. The third kappa shape index (κ3) is 1.70. The Balaban J connectivity index is 2.47. The van der Waals surface area contributed by atoms with Gasteiger partial charge >= 0.3 is 0 Å². The molecule has 0 atom stereocenters. The van der Waals surface area contributed by atoms with Crippen LogP contribution in [0.4, 0.5) is 0 Å². The van der Waals surface area contributed by atoms with Crippen LogP contribution in [0.3, 0.4) is 0 Å². The molecule has 0 aliphatic carbocycles. The molecule has 0 unspecified atom stereocenters. The first-order valence-electron chi connectivity index (χ1n) is 4.01. The fraction of sp³-hybridized carbons (Fsp3) is 0.100. The second-order valence-electron chi connectivity index (χ2n) is 2.91. The molecule has 0 aliphatic heterocycles. The molecule has 1 aromatic carbocycles. The van der Waals surface area contributed by atoms with Crippen molar-refractivity contribution in [3.63, 3.8) is 0 Å². The number of aryl methyl sites for hydroxylation is 1. The van der Waals surface area contributed by atoms with Crippen molar-refractivity contribution >= 4 is 12.2 Å². The van der Waals surface area contributed by atoms with Crippen molar-refractivity contribution < 1.29 is 4.42 Å². The van der Waals surface area contributed by atoms with Gasteiger partial charge in [0.05, 0.1) is 0 Å². The van der Waals surface area contributed by atoms with Crippen molar-refractivity contribution in [1.82, 2.24) is 4.98 Å². The Kier molecular flexibility index (Phi) is 2.02. The molecule has 1 aromatic heterocycles. The van der Waals surface area contributed by atoms with Gasteiger partial charge in [0, 0.05) is 11.8 Å². The van der Waals surface area contributed by atoms with E-state index in [1.54, 1.807) is 6.20 Å². The fourth-order valence-corrected chi connectivity index (χ4v) is 1.29. The first-order chi connectivity index (χ1) is 6.25. The molecule has 66 valence electrons. The van der Waals surface area contributed by atoms with E-state index >= 15 is 0 Å². The molecule has 1 heterocycles. The Labute approximate surface area is 81.2 Å². The lowest BCUT2D eigenvalue weighted by molar-refractivity contribution is 0.554. The highest BCUT2D eigenvalue weighted by atomic mass is 32.1. The number of benzene rings is 1. The van der Waals surface area contributed by atoms with Crippen LogP contribution in [-0.4, -0.2) is 4.98 Å². The Hall–Kier alpha value is -1.35.